The second-order valence-corrected chi connectivity index (χ2v) is 6.43. The highest BCUT2D eigenvalue weighted by molar-refractivity contribution is 5.86. The second kappa shape index (κ2) is 6.26. The van der Waals surface area contributed by atoms with Crippen molar-refractivity contribution in [2.75, 3.05) is 13.1 Å². The van der Waals surface area contributed by atoms with Crippen LogP contribution in [0, 0.1) is 5.41 Å². The van der Waals surface area contributed by atoms with Gasteiger partial charge in [0.15, 0.2) is 0 Å². The molecule has 5 heteroatoms. The molecule has 1 aliphatic heterocycles. The number of rotatable bonds is 3. The molecule has 110 valence electrons. The lowest BCUT2D eigenvalue weighted by Crippen LogP contribution is -2.54. The van der Waals surface area contributed by atoms with Crippen LogP contribution in [0.1, 0.15) is 47.5 Å². The third kappa shape index (κ3) is 4.73. The fraction of sp³-hybridized carbons (Fsp3) is 0.857. The van der Waals surface area contributed by atoms with Crippen molar-refractivity contribution in [2.45, 2.75) is 59.6 Å². The minimum absolute atomic E-state index is 0.00861. The van der Waals surface area contributed by atoms with E-state index in [0.29, 0.717) is 0 Å². The molecule has 1 atom stereocenters. The van der Waals surface area contributed by atoms with Gasteiger partial charge in [-0.05, 0) is 32.1 Å². The molecule has 0 aromatic heterocycles. The van der Waals surface area contributed by atoms with Crippen LogP contribution in [0.25, 0.3) is 0 Å². The molecule has 1 heterocycles. The molecule has 0 aromatic carbocycles. The average Bonchev–Trinajstić information content (AvgIpc) is 2.75. The summed E-state index contributed by atoms with van der Waals surface area (Å²) in [5, 5.41) is 2.71. The first-order valence-corrected chi connectivity index (χ1v) is 6.97. The molecule has 1 unspecified atom stereocenters. The quantitative estimate of drug-likeness (QED) is 0.855. The second-order valence-electron chi connectivity index (χ2n) is 6.43. The maximum atomic E-state index is 12.5. The van der Waals surface area contributed by atoms with Crippen LogP contribution < -0.4 is 5.32 Å². The Morgan fingerprint density at radius 3 is 2.11 bits per heavy atom. The van der Waals surface area contributed by atoms with Gasteiger partial charge >= 0.3 is 6.09 Å². The van der Waals surface area contributed by atoms with E-state index in [9.17, 15) is 9.59 Å². The Labute approximate surface area is 115 Å². The maximum absolute atomic E-state index is 12.5. The Bertz CT molecular complexity index is 328. The summed E-state index contributed by atoms with van der Waals surface area (Å²) in [6.07, 6.45) is 1.36. The number of carbonyl (C=O) groups is 2. The number of carbonyl (C=O) groups excluding carboxylic acids is 2. The average molecular weight is 270 g/mol. The number of nitrogens with zero attached hydrogens (tertiary/aromatic N) is 1. The topological polar surface area (TPSA) is 58.6 Å². The van der Waals surface area contributed by atoms with Gasteiger partial charge < -0.3 is 15.0 Å². The van der Waals surface area contributed by atoms with Crippen molar-refractivity contribution >= 4 is 12.0 Å². The monoisotopic (exact) mass is 270 g/mol. The normalized spacial score (nSPS) is 17.5. The summed E-state index contributed by atoms with van der Waals surface area (Å²) < 4.78 is 5.07. The van der Waals surface area contributed by atoms with Gasteiger partial charge in [-0.2, -0.15) is 0 Å². The van der Waals surface area contributed by atoms with E-state index in [-0.39, 0.29) is 17.4 Å². The van der Waals surface area contributed by atoms with E-state index < -0.39 is 12.1 Å². The zero-order valence-electron chi connectivity index (χ0n) is 12.7. The van der Waals surface area contributed by atoms with E-state index in [0.717, 1.165) is 25.9 Å². The number of likely N-dealkylation sites (tertiary alicyclic amines) is 1. The lowest BCUT2D eigenvalue weighted by Gasteiger charge is -2.33. The van der Waals surface area contributed by atoms with Crippen molar-refractivity contribution in [3.05, 3.63) is 0 Å². The molecule has 0 bridgehead atoms. The number of hydrogen-bond donors (Lipinski definition) is 1. The third-order valence-electron chi connectivity index (χ3n) is 3.14. The summed E-state index contributed by atoms with van der Waals surface area (Å²) in [4.78, 5) is 26.0. The van der Waals surface area contributed by atoms with Crippen molar-refractivity contribution in [1.82, 2.24) is 10.2 Å². The number of alkyl carbamates (subject to hydrolysis) is 1. The highest BCUT2D eigenvalue weighted by Crippen LogP contribution is 2.23. The molecule has 0 spiro atoms. The Balaban J connectivity index is 2.72. The lowest BCUT2D eigenvalue weighted by atomic mass is 9.86. The molecule has 0 aliphatic carbocycles. The molecule has 1 N–H and O–H groups in total. The van der Waals surface area contributed by atoms with Crippen molar-refractivity contribution < 1.29 is 14.3 Å². The summed E-state index contributed by atoms with van der Waals surface area (Å²) in [6.45, 7) is 11.0. The number of ether oxygens (including phenoxy) is 1. The van der Waals surface area contributed by atoms with Gasteiger partial charge in [0.05, 0.1) is 6.10 Å². The van der Waals surface area contributed by atoms with Gasteiger partial charge in [-0.15, -0.1) is 0 Å². The SMILES string of the molecule is CC(C)OC(=O)NC(C(=O)N1CCCC1)C(C)(C)C. The van der Waals surface area contributed by atoms with Crippen LogP contribution in [0.5, 0.6) is 0 Å². The number of nitrogens with one attached hydrogen (secondary N) is 1. The molecular formula is C14H26N2O3. The van der Waals surface area contributed by atoms with Crippen molar-refractivity contribution in [3.8, 4) is 0 Å². The smallest absolute Gasteiger partial charge is 0.408 e. The summed E-state index contributed by atoms with van der Waals surface area (Å²) in [7, 11) is 0. The minimum atomic E-state index is -0.545. The van der Waals surface area contributed by atoms with Gasteiger partial charge in [0.2, 0.25) is 5.91 Å². The summed E-state index contributed by atoms with van der Waals surface area (Å²) >= 11 is 0. The van der Waals surface area contributed by atoms with E-state index in [1.165, 1.54) is 0 Å². The van der Waals surface area contributed by atoms with Crippen molar-refractivity contribution in [2.24, 2.45) is 5.41 Å². The molecule has 0 aromatic rings. The summed E-state index contributed by atoms with van der Waals surface area (Å²) in [5.41, 5.74) is -0.338. The van der Waals surface area contributed by atoms with Crippen LogP contribution in [-0.2, 0) is 9.53 Å². The van der Waals surface area contributed by atoms with E-state index in [2.05, 4.69) is 5.32 Å². The molecule has 1 rings (SSSR count). The maximum Gasteiger partial charge on any atom is 0.408 e. The van der Waals surface area contributed by atoms with Gasteiger partial charge in [-0.25, -0.2) is 4.79 Å². The van der Waals surface area contributed by atoms with Crippen LogP contribution in [-0.4, -0.2) is 42.1 Å². The fourth-order valence-corrected chi connectivity index (χ4v) is 2.13. The van der Waals surface area contributed by atoms with Crippen molar-refractivity contribution in [1.29, 1.82) is 0 Å². The Hall–Kier alpha value is -1.26. The van der Waals surface area contributed by atoms with Gasteiger partial charge in [-0.3, -0.25) is 4.79 Å². The standard InChI is InChI=1S/C14H26N2O3/c1-10(2)19-13(18)15-11(14(3,4)5)12(17)16-8-6-7-9-16/h10-11H,6-9H2,1-5H3,(H,15,18). The van der Waals surface area contributed by atoms with Gasteiger partial charge in [-0.1, -0.05) is 20.8 Å². The molecule has 2 amide bonds. The first kappa shape index (κ1) is 15.8. The van der Waals surface area contributed by atoms with Gasteiger partial charge in [0, 0.05) is 13.1 Å². The predicted octanol–water partition coefficient (Wildman–Crippen LogP) is 2.16. The Morgan fingerprint density at radius 1 is 1.16 bits per heavy atom. The van der Waals surface area contributed by atoms with Crippen LogP contribution in [0.3, 0.4) is 0 Å². The highest BCUT2D eigenvalue weighted by atomic mass is 16.6. The Kier molecular flexibility index (Phi) is 5.20. The van der Waals surface area contributed by atoms with Gasteiger partial charge in [0.25, 0.3) is 0 Å². The van der Waals surface area contributed by atoms with Crippen LogP contribution in [0.2, 0.25) is 0 Å². The molecule has 1 saturated heterocycles. The summed E-state index contributed by atoms with van der Waals surface area (Å²) in [5.74, 6) is -0.00861. The van der Waals surface area contributed by atoms with E-state index >= 15 is 0 Å². The van der Waals surface area contributed by atoms with Crippen LogP contribution >= 0.6 is 0 Å². The molecule has 1 aliphatic rings. The first-order chi connectivity index (χ1) is 8.71. The van der Waals surface area contributed by atoms with E-state index in [1.807, 2.05) is 25.7 Å². The summed E-state index contributed by atoms with van der Waals surface area (Å²) in [6, 6.07) is -0.545. The molecular weight excluding hydrogens is 244 g/mol. The van der Waals surface area contributed by atoms with Crippen molar-refractivity contribution in [3.63, 3.8) is 0 Å². The van der Waals surface area contributed by atoms with E-state index in [4.69, 9.17) is 4.74 Å². The Morgan fingerprint density at radius 2 is 1.68 bits per heavy atom. The molecule has 0 saturated carbocycles. The highest BCUT2D eigenvalue weighted by Gasteiger charge is 2.36. The predicted molar refractivity (Wildman–Crippen MR) is 73.8 cm³/mol. The van der Waals surface area contributed by atoms with Gasteiger partial charge in [0.1, 0.15) is 6.04 Å². The van der Waals surface area contributed by atoms with Crippen LogP contribution in [0.15, 0.2) is 0 Å². The molecule has 5 nitrogen and oxygen atoms in total. The fourth-order valence-electron chi connectivity index (χ4n) is 2.13. The lowest BCUT2D eigenvalue weighted by molar-refractivity contribution is -0.134. The number of hydrogen-bond acceptors (Lipinski definition) is 3. The minimum Gasteiger partial charge on any atom is -0.447 e. The largest absolute Gasteiger partial charge is 0.447 e. The molecule has 1 fully saturated rings. The zero-order valence-corrected chi connectivity index (χ0v) is 12.7. The first-order valence-electron chi connectivity index (χ1n) is 6.97. The molecule has 0 radical (unpaired) electrons. The van der Waals surface area contributed by atoms with E-state index in [1.54, 1.807) is 13.8 Å². The molecule has 19 heavy (non-hydrogen) atoms. The zero-order chi connectivity index (χ0) is 14.6. The number of amides is 2. The van der Waals surface area contributed by atoms with Crippen LogP contribution in [0.4, 0.5) is 4.79 Å². The third-order valence-corrected chi connectivity index (χ3v) is 3.14.